The zero-order valence-corrected chi connectivity index (χ0v) is 30.6. The molecule has 0 bridgehead atoms. The zero-order valence-electron chi connectivity index (χ0n) is 30.6. The van der Waals surface area contributed by atoms with E-state index in [-0.39, 0.29) is 30.3 Å². The number of carbonyl (C=O) groups excluding carboxylic acids is 2. The molecule has 12 nitrogen and oxygen atoms in total. The lowest BCUT2D eigenvalue weighted by Gasteiger charge is -2.46. The molecular weight excluding hydrogens is 610 g/mol. The number of Topliss-reactive ketones (excluding diaryl/α,β-unsaturated/α-hetero) is 1. The predicted molar refractivity (Wildman–Crippen MR) is 174 cm³/mol. The number of cyclic esters (lactones) is 1. The Kier molecular flexibility index (Phi) is 14.7. The van der Waals surface area contributed by atoms with E-state index < -0.39 is 97.0 Å². The van der Waals surface area contributed by atoms with Crippen LogP contribution in [0.15, 0.2) is 0 Å². The summed E-state index contributed by atoms with van der Waals surface area (Å²) in [7, 11) is 5.34. The van der Waals surface area contributed by atoms with Crippen LogP contribution in [0.4, 0.5) is 0 Å². The normalized spacial score (nSPS) is 48.2. The summed E-state index contributed by atoms with van der Waals surface area (Å²) in [5.41, 5.74) is 0. The largest absolute Gasteiger partial charge is 0.462 e. The fourth-order valence-corrected chi connectivity index (χ4v) is 7.67. The Morgan fingerprint density at radius 3 is 1.96 bits per heavy atom. The Balaban J connectivity index is 2.06. The molecule has 3 heterocycles. The van der Waals surface area contributed by atoms with Crippen molar-refractivity contribution in [2.75, 3.05) is 21.2 Å². The first-order chi connectivity index (χ1) is 21.9. The second-order valence-electron chi connectivity index (χ2n) is 15.0. The molecule has 18 atom stereocenters. The van der Waals surface area contributed by atoms with Gasteiger partial charge in [-0.2, -0.15) is 0 Å². The third kappa shape index (κ3) is 9.52. The molecule has 0 amide bonds. The SMILES string of the molecule is CO[C@H]1C[C@H](OC2[C@@H](C)C(=O)O[C@H](C)[C@H](C)[C@H](O)[C@@H](C)C(=O)[C@@H](C)C[C@H](C)[C@H](O[C@@H]3O[C@H](C)C[C@H](N(C)C)[C@H]3O)[C@H]2C)O[C@@H](C)[C@@H]1O. The highest BCUT2D eigenvalue weighted by molar-refractivity contribution is 5.83. The van der Waals surface area contributed by atoms with E-state index in [1.165, 1.54) is 7.11 Å². The van der Waals surface area contributed by atoms with E-state index in [1.807, 2.05) is 46.7 Å². The summed E-state index contributed by atoms with van der Waals surface area (Å²) in [6, 6.07) is -0.199. The van der Waals surface area contributed by atoms with Crippen molar-refractivity contribution in [2.24, 2.45) is 35.5 Å². The van der Waals surface area contributed by atoms with Gasteiger partial charge in [-0.15, -0.1) is 0 Å². The molecule has 3 aliphatic heterocycles. The van der Waals surface area contributed by atoms with Crippen molar-refractivity contribution in [3.8, 4) is 0 Å². The molecule has 3 N–H and O–H groups in total. The van der Waals surface area contributed by atoms with Gasteiger partial charge in [0.15, 0.2) is 12.6 Å². The lowest BCUT2D eigenvalue weighted by Crippen LogP contribution is -2.57. The van der Waals surface area contributed by atoms with Crippen molar-refractivity contribution in [3.05, 3.63) is 0 Å². The molecule has 47 heavy (non-hydrogen) atoms. The number of hydrogen-bond donors (Lipinski definition) is 3. The summed E-state index contributed by atoms with van der Waals surface area (Å²) in [6.07, 6.45) is -6.66. The van der Waals surface area contributed by atoms with Gasteiger partial charge >= 0.3 is 5.97 Å². The van der Waals surface area contributed by atoms with Crippen LogP contribution in [0, 0.1) is 35.5 Å². The van der Waals surface area contributed by atoms with Gasteiger partial charge in [0.25, 0.3) is 0 Å². The Bertz CT molecular complexity index is 1010. The number of esters is 1. The monoisotopic (exact) mass is 673 g/mol. The van der Waals surface area contributed by atoms with E-state index >= 15 is 0 Å². The second-order valence-corrected chi connectivity index (χ2v) is 15.0. The van der Waals surface area contributed by atoms with E-state index in [1.54, 1.807) is 34.6 Å². The minimum Gasteiger partial charge on any atom is -0.462 e. The standard InChI is InChI=1S/C35H63NO11/c1-16-13-17(2)32(47-35-31(40)25(36(10)11)14-18(3)43-35)21(6)33(46-27-15-26(42-12)30(39)24(9)44-27)22(7)34(41)45-23(8)19(4)29(38)20(5)28(16)37/h16-27,29-33,35,38-40H,13-15H2,1-12H3/t16-,17-,18+,19-,20-,21+,22+,23+,24-,25-,26-,27-,29-,30-,31+,32-,33?,35-/m0/s1. The van der Waals surface area contributed by atoms with Gasteiger partial charge in [0.05, 0.1) is 42.5 Å². The van der Waals surface area contributed by atoms with Crippen LogP contribution >= 0.6 is 0 Å². The van der Waals surface area contributed by atoms with Gasteiger partial charge < -0.3 is 48.6 Å². The number of hydrogen-bond acceptors (Lipinski definition) is 12. The molecule has 3 fully saturated rings. The van der Waals surface area contributed by atoms with Crippen LogP contribution in [0.2, 0.25) is 0 Å². The summed E-state index contributed by atoms with van der Waals surface area (Å²) in [4.78, 5) is 29.4. The summed E-state index contributed by atoms with van der Waals surface area (Å²) in [5.74, 6) is -3.70. The number of aliphatic hydroxyl groups excluding tert-OH is 3. The lowest BCUT2D eigenvalue weighted by atomic mass is 9.77. The van der Waals surface area contributed by atoms with Gasteiger partial charge in [-0.25, -0.2) is 0 Å². The van der Waals surface area contributed by atoms with Gasteiger partial charge in [0.2, 0.25) is 0 Å². The molecule has 1 unspecified atom stereocenters. The maximum Gasteiger partial charge on any atom is 0.311 e. The molecule has 12 heteroatoms. The summed E-state index contributed by atoms with van der Waals surface area (Å²) >= 11 is 0. The Morgan fingerprint density at radius 2 is 1.36 bits per heavy atom. The van der Waals surface area contributed by atoms with Crippen molar-refractivity contribution in [3.63, 3.8) is 0 Å². The third-order valence-corrected chi connectivity index (χ3v) is 11.0. The first-order valence-corrected chi connectivity index (χ1v) is 17.5. The number of aliphatic hydroxyl groups is 3. The highest BCUT2D eigenvalue weighted by Gasteiger charge is 2.47. The number of ether oxygens (including phenoxy) is 6. The minimum atomic E-state index is -1.01. The number of carbonyl (C=O) groups is 2. The third-order valence-electron chi connectivity index (χ3n) is 11.0. The molecule has 0 saturated carbocycles. The van der Waals surface area contributed by atoms with Crippen LogP contribution in [0.25, 0.3) is 0 Å². The highest BCUT2D eigenvalue weighted by Crippen LogP contribution is 2.37. The van der Waals surface area contributed by atoms with E-state index in [2.05, 4.69) is 0 Å². The molecule has 3 saturated heterocycles. The minimum absolute atomic E-state index is 0.0802. The van der Waals surface area contributed by atoms with E-state index in [4.69, 9.17) is 28.4 Å². The topological polar surface area (TPSA) is 153 Å². The highest BCUT2D eigenvalue weighted by atomic mass is 16.7. The van der Waals surface area contributed by atoms with E-state index in [0.717, 1.165) is 0 Å². The Hall–Kier alpha value is -1.22. The van der Waals surface area contributed by atoms with Gasteiger partial charge in [-0.05, 0) is 60.5 Å². The summed E-state index contributed by atoms with van der Waals surface area (Å²) < 4.78 is 37.1. The Morgan fingerprint density at radius 1 is 0.723 bits per heavy atom. The molecule has 0 aliphatic carbocycles. The molecule has 3 rings (SSSR count). The second kappa shape index (κ2) is 17.1. The van der Waals surface area contributed by atoms with Crippen LogP contribution in [-0.4, -0.2) is 127 Å². The van der Waals surface area contributed by atoms with Gasteiger partial charge in [-0.1, -0.05) is 34.6 Å². The van der Waals surface area contributed by atoms with Gasteiger partial charge in [0, 0.05) is 43.2 Å². The molecule has 0 radical (unpaired) electrons. The molecule has 0 spiro atoms. The van der Waals surface area contributed by atoms with Crippen LogP contribution in [-0.2, 0) is 38.0 Å². The van der Waals surface area contributed by atoms with Crippen molar-refractivity contribution >= 4 is 11.8 Å². The number of rotatable bonds is 6. The maximum absolute atomic E-state index is 13.8. The average Bonchev–Trinajstić information content (AvgIpc) is 3.02. The van der Waals surface area contributed by atoms with Crippen LogP contribution < -0.4 is 0 Å². The first-order valence-electron chi connectivity index (χ1n) is 17.5. The van der Waals surface area contributed by atoms with Crippen molar-refractivity contribution in [1.29, 1.82) is 0 Å². The summed E-state index contributed by atoms with van der Waals surface area (Å²) in [6.45, 7) is 16.4. The smallest absolute Gasteiger partial charge is 0.311 e. The molecular formula is C35H63NO11. The maximum atomic E-state index is 13.8. The van der Waals surface area contributed by atoms with E-state index in [9.17, 15) is 24.9 Å². The number of ketones is 1. The molecule has 3 aliphatic rings. The van der Waals surface area contributed by atoms with Crippen LogP contribution in [0.3, 0.4) is 0 Å². The average molecular weight is 674 g/mol. The van der Waals surface area contributed by atoms with Crippen molar-refractivity contribution in [2.45, 2.75) is 155 Å². The molecule has 0 aromatic rings. The fraction of sp³-hybridized carbons (Fsp3) is 0.943. The van der Waals surface area contributed by atoms with Gasteiger partial charge in [0.1, 0.15) is 24.1 Å². The Labute approximate surface area is 281 Å². The number of nitrogens with zero attached hydrogens (tertiary/aromatic N) is 1. The number of methoxy groups -OCH3 is 1. The molecule has 0 aromatic heterocycles. The number of likely N-dealkylation sites (N-methyl/N-ethyl adjacent to an activating group) is 1. The molecule has 0 aromatic carbocycles. The van der Waals surface area contributed by atoms with Crippen molar-refractivity contribution in [1.82, 2.24) is 4.90 Å². The van der Waals surface area contributed by atoms with Crippen LogP contribution in [0.5, 0.6) is 0 Å². The van der Waals surface area contributed by atoms with E-state index in [0.29, 0.717) is 12.8 Å². The fourth-order valence-electron chi connectivity index (χ4n) is 7.67. The van der Waals surface area contributed by atoms with Crippen molar-refractivity contribution < 1.29 is 53.3 Å². The van der Waals surface area contributed by atoms with Crippen LogP contribution in [0.1, 0.15) is 81.6 Å². The molecule has 274 valence electrons. The van der Waals surface area contributed by atoms with Gasteiger partial charge in [-0.3, -0.25) is 9.59 Å². The first kappa shape index (κ1) is 40.2. The lowest BCUT2D eigenvalue weighted by molar-refractivity contribution is -0.298. The predicted octanol–water partition coefficient (Wildman–Crippen LogP) is 2.78. The quantitative estimate of drug-likeness (QED) is 0.356. The summed E-state index contributed by atoms with van der Waals surface area (Å²) in [5, 5.41) is 33.2. The zero-order chi connectivity index (χ0) is 35.5.